The first-order chi connectivity index (χ1) is 12.8. The van der Waals surface area contributed by atoms with E-state index in [-0.39, 0.29) is 18.1 Å². The van der Waals surface area contributed by atoms with Crippen LogP contribution in [0.25, 0.3) is 10.6 Å². The number of hydrogen-bond donors (Lipinski definition) is 2. The number of aromatic nitrogens is 3. The quantitative estimate of drug-likeness (QED) is 0.720. The van der Waals surface area contributed by atoms with Crippen LogP contribution in [0.15, 0.2) is 48.0 Å². The number of nitrogens with one attached hydrogen (secondary N) is 2. The Hall–Kier alpha value is -2.67. The van der Waals surface area contributed by atoms with Crippen LogP contribution in [0.1, 0.15) is 36.2 Å². The average molecular weight is 368 g/mol. The highest BCUT2D eigenvalue weighted by Gasteiger charge is 2.25. The number of thiophene rings is 1. The number of nitrogens with zero attached hydrogens (tertiary/aromatic N) is 2. The van der Waals surface area contributed by atoms with E-state index < -0.39 is 0 Å². The van der Waals surface area contributed by atoms with E-state index in [0.717, 1.165) is 36.3 Å². The summed E-state index contributed by atoms with van der Waals surface area (Å²) in [5, 5.41) is 12.2. The van der Waals surface area contributed by atoms with Crippen LogP contribution >= 0.6 is 11.3 Å². The Morgan fingerprint density at radius 2 is 2.08 bits per heavy atom. The minimum atomic E-state index is -0.127. The minimum Gasteiger partial charge on any atom is -0.474 e. The van der Waals surface area contributed by atoms with Crippen LogP contribution in [0.4, 0.5) is 0 Å². The second kappa shape index (κ2) is 7.70. The number of H-pyrrole nitrogens is 1. The van der Waals surface area contributed by atoms with E-state index in [1.54, 1.807) is 23.6 Å². The smallest absolute Gasteiger partial charge is 0.272 e. The number of rotatable bonds is 5. The monoisotopic (exact) mass is 368 g/mol. The number of amides is 1. The molecule has 6 nitrogen and oxygen atoms in total. The Bertz CT molecular complexity index is 840. The summed E-state index contributed by atoms with van der Waals surface area (Å²) in [5.74, 6) is 0.538. The maximum atomic E-state index is 12.4. The van der Waals surface area contributed by atoms with Gasteiger partial charge in [-0.1, -0.05) is 12.1 Å². The maximum absolute atomic E-state index is 12.4. The molecule has 1 saturated carbocycles. The SMILES string of the molecule is O=C(NC1CCC(Oc2ccccn2)CC1)c1cc(-c2cccs2)[nH]n1. The number of aromatic amines is 1. The van der Waals surface area contributed by atoms with Crippen LogP contribution < -0.4 is 10.1 Å². The Labute approximate surface area is 155 Å². The van der Waals surface area contributed by atoms with Crippen molar-refractivity contribution in [2.24, 2.45) is 0 Å². The fourth-order valence-electron chi connectivity index (χ4n) is 3.17. The number of pyridine rings is 1. The van der Waals surface area contributed by atoms with E-state index in [1.165, 1.54) is 0 Å². The number of carbonyl (C=O) groups excluding carboxylic acids is 1. The lowest BCUT2D eigenvalue weighted by Gasteiger charge is -2.29. The molecule has 1 fully saturated rings. The predicted molar refractivity (Wildman–Crippen MR) is 100 cm³/mol. The molecule has 0 unspecified atom stereocenters. The van der Waals surface area contributed by atoms with Gasteiger partial charge in [0.1, 0.15) is 6.10 Å². The normalized spacial score (nSPS) is 19.8. The molecular formula is C19H20N4O2S. The average Bonchev–Trinajstić information content (AvgIpc) is 3.36. The van der Waals surface area contributed by atoms with E-state index in [9.17, 15) is 4.79 Å². The van der Waals surface area contributed by atoms with Crippen molar-refractivity contribution in [2.75, 3.05) is 0 Å². The van der Waals surface area contributed by atoms with Crippen LogP contribution in [-0.2, 0) is 0 Å². The van der Waals surface area contributed by atoms with Crippen molar-refractivity contribution in [1.29, 1.82) is 0 Å². The topological polar surface area (TPSA) is 79.9 Å². The van der Waals surface area contributed by atoms with Crippen molar-refractivity contribution < 1.29 is 9.53 Å². The summed E-state index contributed by atoms with van der Waals surface area (Å²) in [6.07, 6.45) is 5.49. The molecule has 0 aliphatic heterocycles. The van der Waals surface area contributed by atoms with E-state index in [4.69, 9.17) is 4.74 Å². The fourth-order valence-corrected chi connectivity index (χ4v) is 3.86. The molecular weight excluding hydrogens is 348 g/mol. The molecule has 0 spiro atoms. The summed E-state index contributed by atoms with van der Waals surface area (Å²) in [7, 11) is 0. The van der Waals surface area contributed by atoms with Crippen LogP contribution in [0.5, 0.6) is 5.88 Å². The van der Waals surface area contributed by atoms with Crippen LogP contribution in [0.3, 0.4) is 0 Å². The predicted octanol–water partition coefficient (Wildman–Crippen LogP) is 3.65. The molecule has 26 heavy (non-hydrogen) atoms. The van der Waals surface area contributed by atoms with Gasteiger partial charge in [0, 0.05) is 18.3 Å². The zero-order valence-corrected chi connectivity index (χ0v) is 15.0. The van der Waals surface area contributed by atoms with Gasteiger partial charge in [-0.3, -0.25) is 9.89 Å². The standard InChI is InChI=1S/C19H20N4O2S/c24-19(16-12-15(22-23-16)17-4-3-11-26-17)21-13-6-8-14(9-7-13)25-18-5-1-2-10-20-18/h1-5,10-14H,6-9H2,(H,21,24)(H,22,23). The first-order valence-corrected chi connectivity index (χ1v) is 9.64. The lowest BCUT2D eigenvalue weighted by Crippen LogP contribution is -2.39. The van der Waals surface area contributed by atoms with Crippen LogP contribution in [0.2, 0.25) is 0 Å². The third kappa shape index (κ3) is 3.94. The number of ether oxygens (including phenoxy) is 1. The molecule has 4 rings (SSSR count). The zero-order chi connectivity index (χ0) is 17.8. The van der Waals surface area contributed by atoms with E-state index >= 15 is 0 Å². The molecule has 0 radical (unpaired) electrons. The molecule has 0 bridgehead atoms. The lowest BCUT2D eigenvalue weighted by molar-refractivity contribution is 0.0885. The number of hydrogen-bond acceptors (Lipinski definition) is 5. The highest BCUT2D eigenvalue weighted by atomic mass is 32.1. The van der Waals surface area contributed by atoms with E-state index in [1.807, 2.05) is 35.7 Å². The zero-order valence-electron chi connectivity index (χ0n) is 14.2. The van der Waals surface area contributed by atoms with Gasteiger partial charge in [0.2, 0.25) is 5.88 Å². The molecule has 1 aliphatic rings. The van der Waals surface area contributed by atoms with Crippen molar-refractivity contribution in [2.45, 2.75) is 37.8 Å². The maximum Gasteiger partial charge on any atom is 0.272 e. The van der Waals surface area contributed by atoms with E-state index in [2.05, 4.69) is 20.5 Å². The Morgan fingerprint density at radius 3 is 2.81 bits per heavy atom. The van der Waals surface area contributed by atoms with Gasteiger partial charge < -0.3 is 10.1 Å². The highest BCUT2D eigenvalue weighted by Crippen LogP contribution is 2.24. The molecule has 0 aromatic carbocycles. The van der Waals surface area contributed by atoms with Gasteiger partial charge in [-0.15, -0.1) is 11.3 Å². The molecule has 1 amide bonds. The third-order valence-corrected chi connectivity index (χ3v) is 5.43. The van der Waals surface area contributed by atoms with Crippen molar-refractivity contribution >= 4 is 17.2 Å². The van der Waals surface area contributed by atoms with Crippen LogP contribution in [-0.4, -0.2) is 33.2 Å². The largest absolute Gasteiger partial charge is 0.474 e. The summed E-state index contributed by atoms with van der Waals surface area (Å²) in [6.45, 7) is 0. The number of carbonyl (C=O) groups is 1. The molecule has 3 aromatic rings. The summed E-state index contributed by atoms with van der Waals surface area (Å²) >= 11 is 1.62. The molecule has 2 N–H and O–H groups in total. The first-order valence-electron chi connectivity index (χ1n) is 8.76. The summed E-state index contributed by atoms with van der Waals surface area (Å²) in [5.41, 5.74) is 1.30. The van der Waals surface area contributed by atoms with Crippen molar-refractivity contribution in [3.05, 3.63) is 53.7 Å². The Balaban J connectivity index is 1.28. The van der Waals surface area contributed by atoms with Crippen LogP contribution in [0, 0.1) is 0 Å². The fraction of sp³-hybridized carbons (Fsp3) is 0.316. The molecule has 3 heterocycles. The van der Waals surface area contributed by atoms with Gasteiger partial charge in [-0.2, -0.15) is 5.10 Å². The lowest BCUT2D eigenvalue weighted by atomic mass is 9.93. The minimum absolute atomic E-state index is 0.127. The van der Waals surface area contributed by atoms with Gasteiger partial charge in [0.05, 0.1) is 10.6 Å². The Kier molecular flexibility index (Phi) is 4.97. The highest BCUT2D eigenvalue weighted by molar-refractivity contribution is 7.13. The van der Waals surface area contributed by atoms with Gasteiger partial charge in [0.15, 0.2) is 5.69 Å². The Morgan fingerprint density at radius 1 is 1.19 bits per heavy atom. The van der Waals surface area contributed by atoms with E-state index in [0.29, 0.717) is 11.6 Å². The van der Waals surface area contributed by atoms with Gasteiger partial charge in [-0.05, 0) is 49.3 Å². The van der Waals surface area contributed by atoms with Gasteiger partial charge in [-0.25, -0.2) is 4.98 Å². The van der Waals surface area contributed by atoms with Gasteiger partial charge in [0.25, 0.3) is 5.91 Å². The second-order valence-corrected chi connectivity index (χ2v) is 7.32. The first kappa shape index (κ1) is 16.8. The summed E-state index contributed by atoms with van der Waals surface area (Å²) in [4.78, 5) is 17.7. The molecule has 7 heteroatoms. The molecule has 0 saturated heterocycles. The molecule has 0 atom stereocenters. The summed E-state index contributed by atoms with van der Waals surface area (Å²) < 4.78 is 5.90. The van der Waals surface area contributed by atoms with Gasteiger partial charge >= 0.3 is 0 Å². The van der Waals surface area contributed by atoms with Crippen molar-refractivity contribution in [3.8, 4) is 16.5 Å². The molecule has 134 valence electrons. The molecule has 3 aromatic heterocycles. The summed E-state index contributed by atoms with van der Waals surface area (Å²) in [6, 6.07) is 11.6. The third-order valence-electron chi connectivity index (χ3n) is 4.53. The second-order valence-electron chi connectivity index (χ2n) is 6.38. The van der Waals surface area contributed by atoms with Crippen molar-refractivity contribution in [3.63, 3.8) is 0 Å². The van der Waals surface area contributed by atoms with Crippen molar-refractivity contribution in [1.82, 2.24) is 20.5 Å². The molecule has 1 aliphatic carbocycles.